The van der Waals surface area contributed by atoms with E-state index in [-0.39, 0.29) is 11.4 Å². The molecule has 0 bridgehead atoms. The standard InChI is InChI=1S/C10H21NO2.H2O/c1-2-13-10(12)8-6-4-3-5-7-9-11;/h2-9,11H2,1H3;1H2. The number of carbonyl (C=O) groups excluding carboxylic acids is 1. The van der Waals surface area contributed by atoms with Crippen LogP contribution in [0.3, 0.4) is 0 Å². The zero-order valence-electron chi connectivity index (χ0n) is 9.05. The van der Waals surface area contributed by atoms with Crippen LogP contribution in [0.1, 0.15) is 45.4 Å². The molecule has 0 spiro atoms. The maximum atomic E-state index is 10.9. The Morgan fingerprint density at radius 1 is 1.14 bits per heavy atom. The van der Waals surface area contributed by atoms with E-state index in [9.17, 15) is 4.79 Å². The average Bonchev–Trinajstić information content (AvgIpc) is 2.11. The Balaban J connectivity index is 0. The first kappa shape index (κ1) is 15.8. The van der Waals surface area contributed by atoms with Crippen LogP contribution in [0.15, 0.2) is 0 Å². The van der Waals surface area contributed by atoms with Crippen LogP contribution in [0.4, 0.5) is 0 Å². The smallest absolute Gasteiger partial charge is 0.305 e. The van der Waals surface area contributed by atoms with E-state index in [2.05, 4.69) is 0 Å². The third-order valence-corrected chi connectivity index (χ3v) is 1.89. The quantitative estimate of drug-likeness (QED) is 0.474. The van der Waals surface area contributed by atoms with E-state index in [0.717, 1.165) is 25.8 Å². The molecule has 0 unspecified atom stereocenters. The van der Waals surface area contributed by atoms with Gasteiger partial charge in [0, 0.05) is 6.42 Å². The minimum absolute atomic E-state index is 0. The third-order valence-electron chi connectivity index (χ3n) is 1.89. The van der Waals surface area contributed by atoms with Crippen LogP contribution in [0.25, 0.3) is 0 Å². The molecule has 0 aromatic heterocycles. The molecule has 14 heavy (non-hydrogen) atoms. The molecule has 86 valence electrons. The normalized spacial score (nSPS) is 9.29. The first-order chi connectivity index (χ1) is 6.31. The van der Waals surface area contributed by atoms with Gasteiger partial charge in [-0.3, -0.25) is 4.79 Å². The number of nitrogens with two attached hydrogens (primary N) is 1. The first-order valence-corrected chi connectivity index (χ1v) is 5.17. The molecule has 4 N–H and O–H groups in total. The van der Waals surface area contributed by atoms with Crippen LogP contribution >= 0.6 is 0 Å². The second-order valence-corrected chi connectivity index (χ2v) is 3.11. The summed E-state index contributed by atoms with van der Waals surface area (Å²) >= 11 is 0. The van der Waals surface area contributed by atoms with Crippen molar-refractivity contribution in [3.05, 3.63) is 0 Å². The van der Waals surface area contributed by atoms with Gasteiger partial charge in [-0.2, -0.15) is 0 Å². The van der Waals surface area contributed by atoms with Crippen molar-refractivity contribution in [2.75, 3.05) is 13.2 Å². The van der Waals surface area contributed by atoms with Crippen LogP contribution in [-0.4, -0.2) is 24.6 Å². The van der Waals surface area contributed by atoms with Crippen LogP contribution in [0, 0.1) is 0 Å². The molecule has 0 rings (SSSR count). The van der Waals surface area contributed by atoms with E-state index in [1.54, 1.807) is 0 Å². The Morgan fingerprint density at radius 3 is 2.29 bits per heavy atom. The van der Waals surface area contributed by atoms with Crippen LogP contribution < -0.4 is 5.73 Å². The molecule has 0 atom stereocenters. The van der Waals surface area contributed by atoms with Crippen molar-refractivity contribution < 1.29 is 15.0 Å². The van der Waals surface area contributed by atoms with Gasteiger partial charge in [-0.25, -0.2) is 0 Å². The number of hydrogen-bond donors (Lipinski definition) is 1. The Bertz CT molecular complexity index is 129. The van der Waals surface area contributed by atoms with Crippen molar-refractivity contribution in [3.8, 4) is 0 Å². The Labute approximate surface area is 86.1 Å². The SMILES string of the molecule is CCOC(=O)CCCCCCCN.O. The molecule has 0 amide bonds. The van der Waals surface area contributed by atoms with Gasteiger partial charge in [0.15, 0.2) is 0 Å². The summed E-state index contributed by atoms with van der Waals surface area (Å²) in [5, 5.41) is 0. The lowest BCUT2D eigenvalue weighted by atomic mass is 10.1. The molecular formula is C10H23NO3. The summed E-state index contributed by atoms with van der Waals surface area (Å²) in [6.45, 7) is 3.10. The second-order valence-electron chi connectivity index (χ2n) is 3.11. The fourth-order valence-electron chi connectivity index (χ4n) is 1.18. The molecule has 0 aromatic carbocycles. The number of hydrogen-bond acceptors (Lipinski definition) is 3. The molecule has 0 saturated heterocycles. The van der Waals surface area contributed by atoms with E-state index < -0.39 is 0 Å². The van der Waals surface area contributed by atoms with E-state index >= 15 is 0 Å². The zero-order chi connectivity index (χ0) is 9.94. The largest absolute Gasteiger partial charge is 0.466 e. The zero-order valence-corrected chi connectivity index (χ0v) is 9.05. The van der Waals surface area contributed by atoms with E-state index in [1.165, 1.54) is 12.8 Å². The molecule has 0 fully saturated rings. The third kappa shape index (κ3) is 11.4. The average molecular weight is 205 g/mol. The highest BCUT2D eigenvalue weighted by molar-refractivity contribution is 5.69. The summed E-state index contributed by atoms with van der Waals surface area (Å²) in [5.74, 6) is -0.0682. The van der Waals surface area contributed by atoms with Gasteiger partial charge in [0.2, 0.25) is 0 Å². The summed E-state index contributed by atoms with van der Waals surface area (Å²) in [5.41, 5.74) is 5.36. The number of carbonyl (C=O) groups is 1. The fourth-order valence-corrected chi connectivity index (χ4v) is 1.18. The van der Waals surface area contributed by atoms with Crippen molar-refractivity contribution in [1.29, 1.82) is 0 Å². The highest BCUT2D eigenvalue weighted by atomic mass is 16.5. The Hall–Kier alpha value is -0.610. The van der Waals surface area contributed by atoms with Gasteiger partial charge in [0.1, 0.15) is 0 Å². The van der Waals surface area contributed by atoms with Gasteiger partial charge in [-0.05, 0) is 26.3 Å². The lowest BCUT2D eigenvalue weighted by molar-refractivity contribution is -0.143. The molecule has 0 heterocycles. The molecule has 0 radical (unpaired) electrons. The highest BCUT2D eigenvalue weighted by Gasteiger charge is 1.99. The molecule has 0 aromatic rings. The molecule has 4 nitrogen and oxygen atoms in total. The lowest BCUT2D eigenvalue weighted by Gasteiger charge is -2.01. The minimum atomic E-state index is -0.0682. The molecule has 4 heteroatoms. The van der Waals surface area contributed by atoms with Crippen LogP contribution in [-0.2, 0) is 9.53 Å². The minimum Gasteiger partial charge on any atom is -0.466 e. The van der Waals surface area contributed by atoms with Crippen molar-refractivity contribution in [2.24, 2.45) is 5.73 Å². The number of rotatable bonds is 8. The Morgan fingerprint density at radius 2 is 1.71 bits per heavy atom. The maximum Gasteiger partial charge on any atom is 0.305 e. The van der Waals surface area contributed by atoms with Gasteiger partial charge in [0.25, 0.3) is 0 Å². The molecule has 0 aliphatic carbocycles. The predicted octanol–water partition coefficient (Wildman–Crippen LogP) is 1.02. The van der Waals surface area contributed by atoms with E-state index in [0.29, 0.717) is 13.0 Å². The summed E-state index contributed by atoms with van der Waals surface area (Å²) in [7, 11) is 0. The number of ether oxygens (including phenoxy) is 1. The Kier molecular flexibility index (Phi) is 14.0. The van der Waals surface area contributed by atoms with Crippen molar-refractivity contribution >= 4 is 5.97 Å². The summed E-state index contributed by atoms with van der Waals surface area (Å²) in [4.78, 5) is 10.9. The van der Waals surface area contributed by atoms with Gasteiger partial charge in [0.05, 0.1) is 6.61 Å². The van der Waals surface area contributed by atoms with Crippen LogP contribution in [0.2, 0.25) is 0 Å². The van der Waals surface area contributed by atoms with E-state index in [4.69, 9.17) is 10.5 Å². The van der Waals surface area contributed by atoms with Gasteiger partial charge >= 0.3 is 5.97 Å². The summed E-state index contributed by atoms with van der Waals surface area (Å²) < 4.78 is 4.81. The molecule has 0 saturated carbocycles. The second kappa shape index (κ2) is 12.4. The van der Waals surface area contributed by atoms with Gasteiger partial charge in [-0.1, -0.05) is 19.3 Å². The molecule has 0 aliphatic rings. The predicted molar refractivity (Wildman–Crippen MR) is 57.0 cm³/mol. The van der Waals surface area contributed by atoms with Crippen molar-refractivity contribution in [3.63, 3.8) is 0 Å². The maximum absolute atomic E-state index is 10.9. The lowest BCUT2D eigenvalue weighted by Crippen LogP contribution is -2.03. The van der Waals surface area contributed by atoms with Crippen molar-refractivity contribution in [1.82, 2.24) is 0 Å². The van der Waals surface area contributed by atoms with E-state index in [1.807, 2.05) is 6.92 Å². The van der Waals surface area contributed by atoms with Crippen LogP contribution in [0.5, 0.6) is 0 Å². The monoisotopic (exact) mass is 205 g/mol. The fraction of sp³-hybridized carbons (Fsp3) is 0.900. The number of unbranched alkanes of at least 4 members (excludes halogenated alkanes) is 4. The van der Waals surface area contributed by atoms with Crippen molar-refractivity contribution in [2.45, 2.75) is 45.4 Å². The van der Waals surface area contributed by atoms with Gasteiger partial charge < -0.3 is 15.9 Å². The summed E-state index contributed by atoms with van der Waals surface area (Å²) in [6.07, 6.45) is 6.08. The summed E-state index contributed by atoms with van der Waals surface area (Å²) in [6, 6.07) is 0. The topological polar surface area (TPSA) is 83.8 Å². The highest BCUT2D eigenvalue weighted by Crippen LogP contribution is 2.05. The number of esters is 1. The molecular weight excluding hydrogens is 182 g/mol. The first-order valence-electron chi connectivity index (χ1n) is 5.17. The molecule has 0 aliphatic heterocycles. The van der Waals surface area contributed by atoms with Gasteiger partial charge in [-0.15, -0.1) is 0 Å².